The van der Waals surface area contributed by atoms with E-state index >= 15 is 0 Å². The third-order valence-corrected chi connectivity index (χ3v) is 3.95. The fourth-order valence-corrected chi connectivity index (χ4v) is 2.67. The van der Waals surface area contributed by atoms with E-state index in [4.69, 9.17) is 5.11 Å². The predicted molar refractivity (Wildman–Crippen MR) is 65.4 cm³/mol. The molecule has 0 spiro atoms. The second-order valence-electron chi connectivity index (χ2n) is 4.21. The van der Waals surface area contributed by atoms with Crippen LogP contribution in [0.25, 0.3) is 0 Å². The molecule has 2 rings (SSSR count). The first-order valence-electron chi connectivity index (χ1n) is 5.60. The predicted octanol–water partition coefficient (Wildman–Crippen LogP) is 0.980. The molecule has 2 heterocycles. The quantitative estimate of drug-likeness (QED) is 0.810. The van der Waals surface area contributed by atoms with Gasteiger partial charge in [0.25, 0.3) is 0 Å². The Morgan fingerprint density at radius 3 is 2.94 bits per heavy atom. The largest absolute Gasteiger partial charge is 0.481 e. The van der Waals surface area contributed by atoms with Crippen molar-refractivity contribution in [2.75, 3.05) is 17.2 Å². The van der Waals surface area contributed by atoms with E-state index in [9.17, 15) is 4.79 Å². The van der Waals surface area contributed by atoms with Gasteiger partial charge in [0.05, 0.1) is 5.75 Å². The Hall–Kier alpha value is -1.24. The Morgan fingerprint density at radius 1 is 1.59 bits per heavy atom. The summed E-state index contributed by atoms with van der Waals surface area (Å²) in [5.41, 5.74) is 0. The lowest BCUT2D eigenvalue weighted by Crippen LogP contribution is -2.28. The van der Waals surface area contributed by atoms with E-state index < -0.39 is 5.97 Å². The summed E-state index contributed by atoms with van der Waals surface area (Å²) < 4.78 is 1.87. The molecule has 1 aromatic heterocycles. The molecule has 1 atom stereocenters. The molecule has 17 heavy (non-hydrogen) atoms. The summed E-state index contributed by atoms with van der Waals surface area (Å²) in [6.07, 6.45) is 2.34. The third-order valence-electron chi connectivity index (χ3n) is 2.95. The zero-order valence-corrected chi connectivity index (χ0v) is 10.8. The van der Waals surface area contributed by atoms with Crippen molar-refractivity contribution in [1.82, 2.24) is 14.8 Å². The van der Waals surface area contributed by atoms with Gasteiger partial charge in [0.15, 0.2) is 5.16 Å². The molecular formula is C10H16N4O2S. The molecular weight excluding hydrogens is 240 g/mol. The molecule has 0 aliphatic carbocycles. The number of hydrogen-bond acceptors (Lipinski definition) is 5. The van der Waals surface area contributed by atoms with Crippen LogP contribution in [0.4, 0.5) is 5.95 Å². The summed E-state index contributed by atoms with van der Waals surface area (Å²) in [5.74, 6) is 0.0126. The van der Waals surface area contributed by atoms with Crippen LogP contribution in [0.15, 0.2) is 5.16 Å². The number of anilines is 1. The summed E-state index contributed by atoms with van der Waals surface area (Å²) in [4.78, 5) is 12.7. The van der Waals surface area contributed by atoms with Gasteiger partial charge in [0.2, 0.25) is 5.95 Å². The number of rotatable bonds is 4. The number of carboxylic acids is 1. The van der Waals surface area contributed by atoms with Crippen LogP contribution in [0.3, 0.4) is 0 Å². The summed E-state index contributed by atoms with van der Waals surface area (Å²) in [6.45, 7) is 3.17. The van der Waals surface area contributed by atoms with Crippen molar-refractivity contribution in [1.29, 1.82) is 0 Å². The maximum atomic E-state index is 10.5. The molecule has 6 nitrogen and oxygen atoms in total. The van der Waals surface area contributed by atoms with Crippen molar-refractivity contribution in [3.63, 3.8) is 0 Å². The van der Waals surface area contributed by atoms with Crippen LogP contribution in [-0.2, 0) is 11.8 Å². The molecule has 1 fully saturated rings. The van der Waals surface area contributed by atoms with Crippen molar-refractivity contribution in [3.8, 4) is 0 Å². The van der Waals surface area contributed by atoms with Crippen LogP contribution in [0.1, 0.15) is 19.8 Å². The van der Waals surface area contributed by atoms with E-state index in [1.54, 1.807) is 0 Å². The van der Waals surface area contributed by atoms with E-state index in [2.05, 4.69) is 22.0 Å². The second-order valence-corrected chi connectivity index (χ2v) is 5.15. The topological polar surface area (TPSA) is 71.2 Å². The van der Waals surface area contributed by atoms with Gasteiger partial charge in [-0.05, 0) is 19.8 Å². The van der Waals surface area contributed by atoms with E-state index in [0.717, 1.165) is 12.5 Å². The molecule has 1 aliphatic heterocycles. The smallest absolute Gasteiger partial charge is 0.313 e. The molecule has 1 N–H and O–H groups in total. The fourth-order valence-electron chi connectivity index (χ4n) is 2.04. The molecule has 0 bridgehead atoms. The summed E-state index contributed by atoms with van der Waals surface area (Å²) in [5, 5.41) is 17.5. The van der Waals surface area contributed by atoms with Gasteiger partial charge in [-0.2, -0.15) is 0 Å². The normalized spacial score (nSPS) is 19.9. The molecule has 0 saturated carbocycles. The first-order valence-corrected chi connectivity index (χ1v) is 6.58. The van der Waals surface area contributed by atoms with E-state index in [-0.39, 0.29) is 5.75 Å². The van der Waals surface area contributed by atoms with Crippen molar-refractivity contribution < 1.29 is 9.90 Å². The van der Waals surface area contributed by atoms with Gasteiger partial charge in [-0.3, -0.25) is 9.36 Å². The molecule has 0 amide bonds. The number of aromatic nitrogens is 3. The van der Waals surface area contributed by atoms with Crippen molar-refractivity contribution in [3.05, 3.63) is 0 Å². The van der Waals surface area contributed by atoms with Crippen LogP contribution in [0, 0.1) is 0 Å². The zero-order chi connectivity index (χ0) is 12.4. The van der Waals surface area contributed by atoms with Crippen LogP contribution >= 0.6 is 11.8 Å². The Morgan fingerprint density at radius 2 is 2.35 bits per heavy atom. The van der Waals surface area contributed by atoms with Crippen molar-refractivity contribution in [2.45, 2.75) is 31.0 Å². The fraction of sp³-hybridized carbons (Fsp3) is 0.700. The van der Waals surface area contributed by atoms with Gasteiger partial charge in [-0.1, -0.05) is 11.8 Å². The Kier molecular flexibility index (Phi) is 3.56. The highest BCUT2D eigenvalue weighted by molar-refractivity contribution is 7.99. The molecule has 94 valence electrons. The average Bonchev–Trinajstić information content (AvgIpc) is 2.82. The molecule has 1 unspecified atom stereocenters. The molecule has 0 aromatic carbocycles. The molecule has 0 radical (unpaired) electrons. The second kappa shape index (κ2) is 4.95. The molecule has 7 heteroatoms. The average molecular weight is 256 g/mol. The number of carboxylic acid groups (broad SMARTS) is 1. The van der Waals surface area contributed by atoms with Gasteiger partial charge < -0.3 is 10.0 Å². The SMILES string of the molecule is CC1CCCN1c1nnc(SCC(=O)O)n1C. The number of aliphatic carboxylic acids is 1. The summed E-state index contributed by atoms with van der Waals surface area (Å²) in [7, 11) is 1.88. The standard InChI is InChI=1S/C10H16N4O2S/c1-7-4-3-5-14(7)9-11-12-10(13(9)2)17-6-8(15)16/h7H,3-6H2,1-2H3,(H,15,16). The first kappa shape index (κ1) is 12.2. The van der Waals surface area contributed by atoms with Gasteiger partial charge >= 0.3 is 5.97 Å². The van der Waals surface area contributed by atoms with Crippen LogP contribution < -0.4 is 4.90 Å². The van der Waals surface area contributed by atoms with Gasteiger partial charge in [0, 0.05) is 19.6 Å². The van der Waals surface area contributed by atoms with Crippen LogP contribution in [-0.4, -0.2) is 44.2 Å². The number of hydrogen-bond donors (Lipinski definition) is 1. The van der Waals surface area contributed by atoms with E-state index in [0.29, 0.717) is 11.2 Å². The Bertz CT molecular complexity index is 420. The maximum Gasteiger partial charge on any atom is 0.313 e. The monoisotopic (exact) mass is 256 g/mol. The highest BCUT2D eigenvalue weighted by atomic mass is 32.2. The molecule has 1 aliphatic rings. The van der Waals surface area contributed by atoms with Crippen LogP contribution in [0.5, 0.6) is 0 Å². The third kappa shape index (κ3) is 2.54. The first-order chi connectivity index (χ1) is 8.09. The molecule has 1 aromatic rings. The lowest BCUT2D eigenvalue weighted by molar-refractivity contribution is -0.133. The van der Waals surface area contributed by atoms with Crippen molar-refractivity contribution in [2.24, 2.45) is 7.05 Å². The lowest BCUT2D eigenvalue weighted by Gasteiger charge is -2.21. The van der Waals surface area contributed by atoms with Gasteiger partial charge in [-0.25, -0.2) is 0 Å². The van der Waals surface area contributed by atoms with Crippen molar-refractivity contribution >= 4 is 23.7 Å². The Labute approximate surface area is 104 Å². The number of nitrogens with zero attached hydrogens (tertiary/aromatic N) is 4. The molecule has 1 saturated heterocycles. The van der Waals surface area contributed by atoms with E-state index in [1.807, 2.05) is 11.6 Å². The minimum absolute atomic E-state index is 0.0154. The zero-order valence-electron chi connectivity index (χ0n) is 9.96. The summed E-state index contributed by atoms with van der Waals surface area (Å²) in [6, 6.07) is 0.482. The number of carbonyl (C=O) groups is 1. The minimum atomic E-state index is -0.839. The summed E-state index contributed by atoms with van der Waals surface area (Å²) >= 11 is 1.20. The highest BCUT2D eigenvalue weighted by Gasteiger charge is 2.25. The highest BCUT2D eigenvalue weighted by Crippen LogP contribution is 2.26. The van der Waals surface area contributed by atoms with E-state index in [1.165, 1.54) is 24.6 Å². The maximum absolute atomic E-state index is 10.5. The lowest BCUT2D eigenvalue weighted by atomic mass is 10.2. The minimum Gasteiger partial charge on any atom is -0.481 e. The van der Waals surface area contributed by atoms with Gasteiger partial charge in [-0.15, -0.1) is 10.2 Å². The van der Waals surface area contributed by atoms with Crippen LogP contribution in [0.2, 0.25) is 0 Å². The number of thioether (sulfide) groups is 1. The van der Waals surface area contributed by atoms with Gasteiger partial charge in [0.1, 0.15) is 0 Å². The Balaban J connectivity index is 2.11.